The highest BCUT2D eigenvalue weighted by Crippen LogP contribution is 2.34. The van der Waals surface area contributed by atoms with E-state index in [9.17, 15) is 5.11 Å². The lowest BCUT2D eigenvalue weighted by Gasteiger charge is -2.28. The van der Waals surface area contributed by atoms with Gasteiger partial charge < -0.3 is 10.4 Å². The largest absolute Gasteiger partial charge is 0.390 e. The first-order chi connectivity index (χ1) is 6.64. The molecule has 2 N–H and O–H groups in total. The van der Waals surface area contributed by atoms with Crippen molar-refractivity contribution in [2.24, 2.45) is 5.41 Å². The highest BCUT2D eigenvalue weighted by atomic mass is 16.3. The van der Waals surface area contributed by atoms with Crippen LogP contribution in [-0.4, -0.2) is 48.3 Å². The van der Waals surface area contributed by atoms with E-state index in [-0.39, 0.29) is 6.10 Å². The van der Waals surface area contributed by atoms with E-state index in [2.05, 4.69) is 24.1 Å². The summed E-state index contributed by atoms with van der Waals surface area (Å²) in [5.74, 6) is 0. The van der Waals surface area contributed by atoms with Crippen LogP contribution < -0.4 is 5.32 Å². The molecule has 3 atom stereocenters. The molecule has 0 aromatic rings. The maximum absolute atomic E-state index is 9.79. The van der Waals surface area contributed by atoms with Crippen molar-refractivity contribution < 1.29 is 5.11 Å². The predicted molar refractivity (Wildman–Crippen MR) is 57.3 cm³/mol. The van der Waals surface area contributed by atoms with Gasteiger partial charge in [0.15, 0.2) is 0 Å². The molecule has 2 rings (SSSR count). The first-order valence-corrected chi connectivity index (χ1v) is 5.77. The number of hydrogen-bond donors (Lipinski definition) is 2. The van der Waals surface area contributed by atoms with Crippen LogP contribution in [0.1, 0.15) is 26.7 Å². The van der Waals surface area contributed by atoms with Gasteiger partial charge in [0.2, 0.25) is 0 Å². The van der Waals surface area contributed by atoms with E-state index in [1.807, 2.05) is 0 Å². The number of nitrogens with one attached hydrogen (secondary N) is 1. The van der Waals surface area contributed by atoms with Crippen LogP contribution in [-0.2, 0) is 0 Å². The number of β-amino-alcohol motifs (C(OH)–C–C–N with tert-alkyl or cyclic N) is 1. The quantitative estimate of drug-likeness (QED) is 0.676. The third kappa shape index (κ3) is 1.81. The molecule has 2 fully saturated rings. The smallest absolute Gasteiger partial charge is 0.0831 e. The van der Waals surface area contributed by atoms with Gasteiger partial charge in [0.1, 0.15) is 0 Å². The lowest BCUT2D eigenvalue weighted by atomic mass is 9.87. The van der Waals surface area contributed by atoms with E-state index < -0.39 is 0 Å². The molecule has 0 radical (unpaired) electrons. The number of nitrogens with zero attached hydrogens (tertiary/aromatic N) is 1. The molecule has 2 heterocycles. The molecular formula is C11H22N2O. The van der Waals surface area contributed by atoms with Crippen LogP contribution in [0.4, 0.5) is 0 Å². The summed E-state index contributed by atoms with van der Waals surface area (Å²) in [6.07, 6.45) is 2.38. The third-order valence-electron chi connectivity index (χ3n) is 4.06. The first-order valence-electron chi connectivity index (χ1n) is 5.77. The van der Waals surface area contributed by atoms with Crippen LogP contribution in [0, 0.1) is 5.41 Å². The highest BCUT2D eigenvalue weighted by molar-refractivity contribution is 4.95. The molecule has 3 heteroatoms. The van der Waals surface area contributed by atoms with Crippen molar-refractivity contribution in [3.63, 3.8) is 0 Å². The van der Waals surface area contributed by atoms with Gasteiger partial charge in [-0.2, -0.15) is 0 Å². The molecule has 14 heavy (non-hydrogen) atoms. The van der Waals surface area contributed by atoms with Crippen LogP contribution in [0.15, 0.2) is 0 Å². The predicted octanol–water partition coefficient (Wildman–Crippen LogP) is 0.441. The van der Waals surface area contributed by atoms with E-state index in [0.29, 0.717) is 11.5 Å². The fourth-order valence-corrected chi connectivity index (χ4v) is 2.66. The molecule has 0 aromatic carbocycles. The van der Waals surface area contributed by atoms with E-state index in [4.69, 9.17) is 0 Å². The van der Waals surface area contributed by atoms with Crippen LogP contribution in [0.3, 0.4) is 0 Å². The van der Waals surface area contributed by atoms with Crippen molar-refractivity contribution in [3.8, 4) is 0 Å². The molecule has 0 saturated carbocycles. The fraction of sp³-hybridized carbons (Fsp3) is 1.00. The Bertz CT molecular complexity index is 209. The van der Waals surface area contributed by atoms with Crippen LogP contribution in [0.5, 0.6) is 0 Å². The Morgan fingerprint density at radius 1 is 1.50 bits per heavy atom. The topological polar surface area (TPSA) is 35.5 Å². The molecule has 0 aromatic heterocycles. The summed E-state index contributed by atoms with van der Waals surface area (Å²) >= 11 is 0. The van der Waals surface area contributed by atoms with Crippen molar-refractivity contribution >= 4 is 0 Å². The Labute approximate surface area is 86.5 Å². The molecule has 2 saturated heterocycles. The lowest BCUT2D eigenvalue weighted by Crippen LogP contribution is -2.42. The van der Waals surface area contributed by atoms with E-state index in [1.165, 1.54) is 12.8 Å². The summed E-state index contributed by atoms with van der Waals surface area (Å²) in [7, 11) is 0. The van der Waals surface area contributed by atoms with Crippen LogP contribution >= 0.6 is 0 Å². The van der Waals surface area contributed by atoms with Gasteiger partial charge in [-0.1, -0.05) is 13.8 Å². The van der Waals surface area contributed by atoms with E-state index >= 15 is 0 Å². The Morgan fingerprint density at radius 3 is 2.79 bits per heavy atom. The molecule has 0 aliphatic carbocycles. The SMILES string of the molecule is CCC1(C)CCN([C@@H]2CNC[C@H]2O)C1. The number of aliphatic hydroxyl groups is 1. The average molecular weight is 198 g/mol. The van der Waals surface area contributed by atoms with Gasteiger partial charge in [0.05, 0.1) is 6.10 Å². The minimum absolute atomic E-state index is 0.158. The van der Waals surface area contributed by atoms with Gasteiger partial charge in [-0.3, -0.25) is 4.90 Å². The van der Waals surface area contributed by atoms with Crippen molar-refractivity contribution in [3.05, 3.63) is 0 Å². The van der Waals surface area contributed by atoms with Gasteiger partial charge in [-0.25, -0.2) is 0 Å². The van der Waals surface area contributed by atoms with Crippen LogP contribution in [0.25, 0.3) is 0 Å². The zero-order valence-corrected chi connectivity index (χ0v) is 9.29. The lowest BCUT2D eigenvalue weighted by molar-refractivity contribution is 0.0908. The monoisotopic (exact) mass is 198 g/mol. The second-order valence-corrected chi connectivity index (χ2v) is 5.18. The molecular weight excluding hydrogens is 176 g/mol. The summed E-state index contributed by atoms with van der Waals surface area (Å²) < 4.78 is 0. The molecule has 3 nitrogen and oxygen atoms in total. The Morgan fingerprint density at radius 2 is 2.29 bits per heavy atom. The second-order valence-electron chi connectivity index (χ2n) is 5.18. The van der Waals surface area contributed by atoms with Gasteiger partial charge >= 0.3 is 0 Å². The van der Waals surface area contributed by atoms with Gasteiger partial charge in [-0.05, 0) is 24.8 Å². The zero-order chi connectivity index (χ0) is 10.2. The summed E-state index contributed by atoms with van der Waals surface area (Å²) in [6, 6.07) is 0.364. The Kier molecular flexibility index (Phi) is 2.82. The summed E-state index contributed by atoms with van der Waals surface area (Å²) in [5.41, 5.74) is 0.488. The van der Waals surface area contributed by atoms with Crippen molar-refractivity contribution in [1.82, 2.24) is 10.2 Å². The summed E-state index contributed by atoms with van der Waals surface area (Å²) in [6.45, 7) is 8.68. The molecule has 0 amide bonds. The molecule has 82 valence electrons. The maximum atomic E-state index is 9.79. The van der Waals surface area contributed by atoms with Crippen molar-refractivity contribution in [2.75, 3.05) is 26.2 Å². The minimum Gasteiger partial charge on any atom is -0.390 e. The normalized spacial score (nSPS) is 44.8. The third-order valence-corrected chi connectivity index (χ3v) is 4.06. The minimum atomic E-state index is -0.158. The number of aliphatic hydroxyl groups excluding tert-OH is 1. The van der Waals surface area contributed by atoms with Gasteiger partial charge in [0.25, 0.3) is 0 Å². The van der Waals surface area contributed by atoms with Crippen molar-refractivity contribution in [1.29, 1.82) is 0 Å². The van der Waals surface area contributed by atoms with Crippen molar-refractivity contribution in [2.45, 2.75) is 38.8 Å². The number of likely N-dealkylation sites (tertiary alicyclic amines) is 1. The molecule has 2 aliphatic heterocycles. The van der Waals surface area contributed by atoms with Crippen LogP contribution in [0.2, 0.25) is 0 Å². The van der Waals surface area contributed by atoms with E-state index in [0.717, 1.165) is 26.2 Å². The molecule has 2 aliphatic rings. The summed E-state index contributed by atoms with van der Waals surface area (Å²) in [5, 5.41) is 13.0. The zero-order valence-electron chi connectivity index (χ0n) is 9.29. The first kappa shape index (κ1) is 10.4. The maximum Gasteiger partial charge on any atom is 0.0831 e. The molecule has 0 spiro atoms. The number of rotatable bonds is 2. The standard InChI is InChI=1S/C11H22N2O/c1-3-11(2)4-5-13(8-11)9-6-12-7-10(9)14/h9-10,12,14H,3-8H2,1-2H3/t9-,10-,11?/m1/s1. The Balaban J connectivity index is 1.95. The second kappa shape index (κ2) is 3.80. The summed E-state index contributed by atoms with van der Waals surface area (Å²) in [4.78, 5) is 2.47. The fourth-order valence-electron chi connectivity index (χ4n) is 2.66. The molecule has 0 bridgehead atoms. The average Bonchev–Trinajstić information content (AvgIpc) is 2.73. The molecule has 1 unspecified atom stereocenters. The number of hydrogen-bond acceptors (Lipinski definition) is 3. The van der Waals surface area contributed by atoms with Gasteiger partial charge in [-0.15, -0.1) is 0 Å². The van der Waals surface area contributed by atoms with E-state index in [1.54, 1.807) is 0 Å². The van der Waals surface area contributed by atoms with Gasteiger partial charge in [0, 0.05) is 25.7 Å². The Hall–Kier alpha value is -0.120. The highest BCUT2D eigenvalue weighted by Gasteiger charge is 2.39.